The number of thiophene rings is 1. The molecule has 7 heteroatoms. The Bertz CT molecular complexity index is 853. The molecule has 0 bridgehead atoms. The Hall–Kier alpha value is -1.70. The highest BCUT2D eigenvalue weighted by atomic mass is 32.2. The summed E-state index contributed by atoms with van der Waals surface area (Å²) >= 11 is 1.19. The van der Waals surface area contributed by atoms with Gasteiger partial charge in [0.15, 0.2) is 0 Å². The van der Waals surface area contributed by atoms with Gasteiger partial charge in [-0.25, -0.2) is 13.1 Å². The second kappa shape index (κ2) is 7.27. The summed E-state index contributed by atoms with van der Waals surface area (Å²) in [7, 11) is -3.58. The van der Waals surface area contributed by atoms with E-state index in [0.717, 1.165) is 28.8 Å². The van der Waals surface area contributed by atoms with Crippen molar-refractivity contribution in [3.8, 4) is 0 Å². The Morgan fingerprint density at radius 1 is 1.20 bits per heavy atom. The molecule has 134 valence electrons. The van der Waals surface area contributed by atoms with Crippen LogP contribution in [0.25, 0.3) is 0 Å². The molecular weight excluding hydrogens is 356 g/mol. The molecule has 1 aliphatic rings. The predicted molar refractivity (Wildman–Crippen MR) is 98.8 cm³/mol. The van der Waals surface area contributed by atoms with Crippen LogP contribution < -0.4 is 10.0 Å². The van der Waals surface area contributed by atoms with Gasteiger partial charge in [-0.1, -0.05) is 29.8 Å². The predicted octanol–water partition coefficient (Wildman–Crippen LogP) is 3.12. The first-order chi connectivity index (χ1) is 11.8. The van der Waals surface area contributed by atoms with Gasteiger partial charge in [-0.05, 0) is 43.4 Å². The van der Waals surface area contributed by atoms with E-state index in [9.17, 15) is 13.2 Å². The number of nitrogens with one attached hydrogen (secondary N) is 2. The molecule has 1 unspecified atom stereocenters. The Morgan fingerprint density at radius 2 is 1.88 bits per heavy atom. The Kier molecular flexibility index (Phi) is 5.27. The van der Waals surface area contributed by atoms with Crippen LogP contribution >= 0.6 is 11.3 Å². The number of benzene rings is 1. The summed E-state index contributed by atoms with van der Waals surface area (Å²) in [6, 6.07) is 11.2. The first kappa shape index (κ1) is 18.1. The third-order valence-electron chi connectivity index (χ3n) is 4.23. The number of rotatable bonds is 7. The minimum absolute atomic E-state index is 0.135. The lowest BCUT2D eigenvalue weighted by atomic mass is 10.0. The van der Waals surface area contributed by atoms with E-state index in [0.29, 0.717) is 12.5 Å². The quantitative estimate of drug-likeness (QED) is 0.777. The summed E-state index contributed by atoms with van der Waals surface area (Å²) in [4.78, 5) is 11.8. The lowest BCUT2D eigenvalue weighted by molar-refractivity contribution is -0.119. The monoisotopic (exact) mass is 378 g/mol. The van der Waals surface area contributed by atoms with Crippen molar-refractivity contribution in [3.05, 3.63) is 52.4 Å². The van der Waals surface area contributed by atoms with Crippen molar-refractivity contribution in [1.82, 2.24) is 10.0 Å². The van der Waals surface area contributed by atoms with E-state index in [2.05, 4.69) is 10.0 Å². The van der Waals surface area contributed by atoms with Crippen LogP contribution in [-0.2, 0) is 21.4 Å². The van der Waals surface area contributed by atoms with Crippen molar-refractivity contribution < 1.29 is 13.2 Å². The average molecular weight is 379 g/mol. The molecule has 1 heterocycles. The van der Waals surface area contributed by atoms with Gasteiger partial charge in [0, 0.05) is 17.8 Å². The number of carbonyl (C=O) groups is 1. The van der Waals surface area contributed by atoms with Gasteiger partial charge in [0.05, 0.1) is 6.54 Å². The largest absolute Gasteiger partial charge is 0.351 e. The van der Waals surface area contributed by atoms with Gasteiger partial charge >= 0.3 is 0 Å². The number of carbonyl (C=O) groups excluding carboxylic acids is 1. The molecular formula is C18H22N2O3S2. The minimum atomic E-state index is -3.58. The van der Waals surface area contributed by atoms with Crippen molar-refractivity contribution in [2.24, 2.45) is 5.92 Å². The van der Waals surface area contributed by atoms with E-state index in [1.807, 2.05) is 31.2 Å². The van der Waals surface area contributed by atoms with Gasteiger partial charge in [0.2, 0.25) is 5.91 Å². The highest BCUT2D eigenvalue weighted by Gasteiger charge is 2.35. The van der Waals surface area contributed by atoms with E-state index in [1.54, 1.807) is 12.1 Å². The molecule has 1 aromatic carbocycles. The molecule has 3 rings (SSSR count). The summed E-state index contributed by atoms with van der Waals surface area (Å²) in [6.07, 6.45) is 2.08. The number of aryl methyl sites for hydroxylation is 1. The van der Waals surface area contributed by atoms with Gasteiger partial charge in [-0.15, -0.1) is 11.3 Å². The molecule has 1 fully saturated rings. The molecule has 1 aromatic heterocycles. The lowest BCUT2D eigenvalue weighted by Gasteiger charge is -2.18. The molecule has 1 amide bonds. The van der Waals surface area contributed by atoms with Crippen LogP contribution in [0.5, 0.6) is 0 Å². The van der Waals surface area contributed by atoms with Crippen molar-refractivity contribution in [1.29, 1.82) is 0 Å². The fraction of sp³-hybridized carbons (Fsp3) is 0.389. The molecule has 1 saturated carbocycles. The summed E-state index contributed by atoms with van der Waals surface area (Å²) in [6.45, 7) is 3.80. The molecule has 2 aromatic rings. The van der Waals surface area contributed by atoms with E-state index in [-0.39, 0.29) is 16.2 Å². The number of hydrogen-bond acceptors (Lipinski definition) is 4. The van der Waals surface area contributed by atoms with Crippen molar-refractivity contribution >= 4 is 27.3 Å². The highest BCUT2D eigenvalue weighted by Crippen LogP contribution is 2.42. The first-order valence-corrected chi connectivity index (χ1v) is 10.6. The van der Waals surface area contributed by atoms with Gasteiger partial charge in [-0.3, -0.25) is 4.79 Å². The summed E-state index contributed by atoms with van der Waals surface area (Å²) in [5.41, 5.74) is 2.16. The molecule has 0 spiro atoms. The van der Waals surface area contributed by atoms with Crippen LogP contribution in [-0.4, -0.2) is 14.3 Å². The first-order valence-electron chi connectivity index (χ1n) is 8.27. The molecule has 0 saturated heterocycles. The van der Waals surface area contributed by atoms with Crippen molar-refractivity contribution in [2.45, 2.75) is 43.5 Å². The topological polar surface area (TPSA) is 75.3 Å². The third-order valence-corrected chi connectivity index (χ3v) is 7.24. The third kappa shape index (κ3) is 4.68. The van der Waals surface area contributed by atoms with Crippen LogP contribution in [0, 0.1) is 12.8 Å². The zero-order valence-corrected chi connectivity index (χ0v) is 15.9. The SMILES string of the molecule is CC(=O)NCc1ccc(S(=O)(=O)NC(c2ccc(C)cc2)C2CC2)s1. The molecule has 2 N–H and O–H groups in total. The van der Waals surface area contributed by atoms with Crippen LogP contribution in [0.3, 0.4) is 0 Å². The lowest BCUT2D eigenvalue weighted by Crippen LogP contribution is -2.29. The van der Waals surface area contributed by atoms with Crippen LogP contribution in [0.4, 0.5) is 0 Å². The Labute approximate surface area is 152 Å². The number of sulfonamides is 1. The van der Waals surface area contributed by atoms with Crippen molar-refractivity contribution in [3.63, 3.8) is 0 Å². The summed E-state index contributed by atoms with van der Waals surface area (Å²) < 4.78 is 28.7. The maximum atomic E-state index is 12.8. The molecule has 0 aliphatic heterocycles. The summed E-state index contributed by atoms with van der Waals surface area (Å²) in [5.74, 6) is 0.223. The molecule has 1 atom stereocenters. The van der Waals surface area contributed by atoms with E-state index in [4.69, 9.17) is 0 Å². The standard InChI is InChI=1S/C18H22N2O3S2/c1-12-3-5-14(6-4-12)18(15-7-8-15)20-25(22,23)17-10-9-16(24-17)11-19-13(2)21/h3-6,9-10,15,18,20H,7-8,11H2,1-2H3,(H,19,21). The van der Waals surface area contributed by atoms with Crippen LogP contribution in [0.15, 0.2) is 40.6 Å². The average Bonchev–Trinajstić information content (AvgIpc) is 3.28. The summed E-state index contributed by atoms with van der Waals surface area (Å²) in [5, 5.41) is 2.68. The van der Waals surface area contributed by atoms with Crippen LogP contribution in [0.2, 0.25) is 0 Å². The Morgan fingerprint density at radius 3 is 2.48 bits per heavy atom. The van der Waals surface area contributed by atoms with E-state index in [1.165, 1.54) is 18.3 Å². The zero-order valence-electron chi connectivity index (χ0n) is 14.3. The fourth-order valence-corrected chi connectivity index (χ4v) is 5.28. The smallest absolute Gasteiger partial charge is 0.250 e. The van der Waals surface area contributed by atoms with E-state index < -0.39 is 10.0 Å². The van der Waals surface area contributed by atoms with Gasteiger partial charge in [0.1, 0.15) is 4.21 Å². The molecule has 25 heavy (non-hydrogen) atoms. The second-order valence-corrected chi connectivity index (χ2v) is 9.59. The van der Waals surface area contributed by atoms with E-state index >= 15 is 0 Å². The van der Waals surface area contributed by atoms with Gasteiger partial charge in [0.25, 0.3) is 10.0 Å². The Balaban J connectivity index is 1.77. The molecule has 5 nitrogen and oxygen atoms in total. The van der Waals surface area contributed by atoms with Gasteiger partial charge in [-0.2, -0.15) is 0 Å². The highest BCUT2D eigenvalue weighted by molar-refractivity contribution is 7.91. The second-order valence-electron chi connectivity index (χ2n) is 6.48. The minimum Gasteiger partial charge on any atom is -0.351 e. The number of amides is 1. The zero-order chi connectivity index (χ0) is 18.0. The number of hydrogen-bond donors (Lipinski definition) is 2. The molecule has 0 radical (unpaired) electrons. The van der Waals surface area contributed by atoms with Gasteiger partial charge < -0.3 is 5.32 Å². The van der Waals surface area contributed by atoms with Crippen LogP contribution in [0.1, 0.15) is 41.8 Å². The van der Waals surface area contributed by atoms with Crippen molar-refractivity contribution in [2.75, 3.05) is 0 Å². The maximum Gasteiger partial charge on any atom is 0.250 e. The maximum absolute atomic E-state index is 12.8. The molecule has 1 aliphatic carbocycles. The normalized spacial score (nSPS) is 15.8. The fourth-order valence-electron chi connectivity index (χ4n) is 2.67.